The highest BCUT2D eigenvalue weighted by Crippen LogP contribution is 2.23. The van der Waals surface area contributed by atoms with E-state index < -0.39 is 9.84 Å². The Labute approximate surface area is 114 Å². The molecule has 0 fully saturated rings. The second-order valence-corrected chi connectivity index (χ2v) is 7.19. The molecule has 0 aliphatic rings. The first kappa shape index (κ1) is 15.3. The van der Waals surface area contributed by atoms with Crippen molar-refractivity contribution in [2.24, 2.45) is 5.92 Å². The Morgan fingerprint density at radius 3 is 2.39 bits per heavy atom. The van der Waals surface area contributed by atoms with Crippen molar-refractivity contribution in [3.63, 3.8) is 0 Å². The fourth-order valence-electron chi connectivity index (χ4n) is 1.86. The van der Waals surface area contributed by atoms with Gasteiger partial charge in [0.2, 0.25) is 0 Å². The third-order valence-corrected chi connectivity index (χ3v) is 4.12. The number of alkyl halides is 1. The Bertz CT molecular complexity index is 486. The second-order valence-electron chi connectivity index (χ2n) is 4.89. The van der Waals surface area contributed by atoms with E-state index in [1.807, 2.05) is 6.07 Å². The van der Waals surface area contributed by atoms with Crippen molar-refractivity contribution in [2.75, 3.05) is 17.5 Å². The minimum Gasteiger partial charge on any atom is -0.380 e. The predicted octanol–water partition coefficient (Wildman–Crippen LogP) is 3.16. The molecule has 1 N–H and O–H groups in total. The average Bonchev–Trinajstić information content (AvgIpc) is 2.26. The summed E-state index contributed by atoms with van der Waals surface area (Å²) in [6, 6.07) is 7.00. The zero-order valence-corrected chi connectivity index (χ0v) is 12.6. The van der Waals surface area contributed by atoms with E-state index in [2.05, 4.69) is 19.2 Å². The Kier molecular flexibility index (Phi) is 5.47. The molecule has 0 spiro atoms. The molecule has 0 amide bonds. The highest BCUT2D eigenvalue weighted by Gasteiger charge is 2.16. The van der Waals surface area contributed by atoms with Crippen LogP contribution < -0.4 is 5.32 Å². The van der Waals surface area contributed by atoms with E-state index in [9.17, 15) is 8.42 Å². The summed E-state index contributed by atoms with van der Waals surface area (Å²) in [5.74, 6) is 0.961. The van der Waals surface area contributed by atoms with Gasteiger partial charge < -0.3 is 5.32 Å². The van der Waals surface area contributed by atoms with Crippen molar-refractivity contribution in [2.45, 2.75) is 31.2 Å². The largest absolute Gasteiger partial charge is 0.380 e. The molecule has 3 nitrogen and oxygen atoms in total. The summed E-state index contributed by atoms with van der Waals surface area (Å²) < 4.78 is 23.3. The van der Waals surface area contributed by atoms with Crippen molar-refractivity contribution in [3.05, 3.63) is 24.3 Å². The van der Waals surface area contributed by atoms with Crippen LogP contribution in [-0.2, 0) is 9.84 Å². The molecule has 1 aromatic rings. The zero-order valence-electron chi connectivity index (χ0n) is 11.0. The van der Waals surface area contributed by atoms with Gasteiger partial charge in [-0.15, -0.1) is 11.6 Å². The van der Waals surface area contributed by atoms with E-state index in [-0.39, 0.29) is 6.04 Å². The average molecular weight is 290 g/mol. The summed E-state index contributed by atoms with van der Waals surface area (Å²) in [6.45, 7) is 4.23. The summed E-state index contributed by atoms with van der Waals surface area (Å²) in [6.07, 6.45) is 2.12. The number of halogens is 1. The first-order valence-corrected chi connectivity index (χ1v) is 8.38. The maximum Gasteiger partial charge on any atom is 0.177 e. The fourth-order valence-corrected chi connectivity index (χ4v) is 2.91. The first-order valence-electron chi connectivity index (χ1n) is 5.96. The molecule has 0 radical (unpaired) electrons. The fraction of sp³-hybridized carbons (Fsp3) is 0.538. The van der Waals surface area contributed by atoms with Crippen LogP contribution in [-0.4, -0.2) is 26.6 Å². The summed E-state index contributed by atoms with van der Waals surface area (Å²) in [5, 5.41) is 3.22. The van der Waals surface area contributed by atoms with E-state index in [4.69, 9.17) is 11.6 Å². The van der Waals surface area contributed by atoms with E-state index >= 15 is 0 Å². The summed E-state index contributed by atoms with van der Waals surface area (Å²) in [7, 11) is -3.22. The van der Waals surface area contributed by atoms with Crippen molar-refractivity contribution in [3.8, 4) is 0 Å². The number of sulfone groups is 1. The van der Waals surface area contributed by atoms with Gasteiger partial charge in [0, 0.05) is 18.2 Å². The third-order valence-electron chi connectivity index (χ3n) is 2.59. The molecule has 18 heavy (non-hydrogen) atoms. The molecule has 1 rings (SSSR count). The molecule has 0 saturated carbocycles. The Balaban J connectivity index is 2.96. The number of rotatable bonds is 6. The maximum atomic E-state index is 11.7. The lowest BCUT2D eigenvalue weighted by Crippen LogP contribution is -2.24. The molecule has 102 valence electrons. The highest BCUT2D eigenvalue weighted by molar-refractivity contribution is 7.90. The minimum atomic E-state index is -3.22. The van der Waals surface area contributed by atoms with Gasteiger partial charge in [0.1, 0.15) is 0 Å². The molecular formula is C13H20ClNO2S. The van der Waals surface area contributed by atoms with Crippen LogP contribution in [0.4, 0.5) is 5.69 Å². The summed E-state index contributed by atoms with van der Waals surface area (Å²) in [5.41, 5.74) is 0.631. The quantitative estimate of drug-likeness (QED) is 0.818. The van der Waals surface area contributed by atoms with Gasteiger partial charge in [-0.3, -0.25) is 0 Å². The maximum absolute atomic E-state index is 11.7. The smallest absolute Gasteiger partial charge is 0.177 e. The molecule has 0 saturated heterocycles. The molecule has 0 aliphatic carbocycles. The van der Waals surface area contributed by atoms with E-state index in [0.29, 0.717) is 22.4 Å². The van der Waals surface area contributed by atoms with E-state index in [1.165, 1.54) is 6.26 Å². The Hall–Kier alpha value is -0.740. The van der Waals surface area contributed by atoms with Crippen LogP contribution in [0.2, 0.25) is 0 Å². The SMILES string of the molecule is CC(C)CC(CCl)Nc1ccccc1S(C)(=O)=O. The van der Waals surface area contributed by atoms with Gasteiger partial charge in [-0.05, 0) is 24.5 Å². The van der Waals surface area contributed by atoms with Crippen LogP contribution in [0.3, 0.4) is 0 Å². The van der Waals surface area contributed by atoms with E-state index in [1.54, 1.807) is 18.2 Å². The molecule has 0 aliphatic heterocycles. The highest BCUT2D eigenvalue weighted by atomic mass is 35.5. The summed E-state index contributed by atoms with van der Waals surface area (Å²) in [4.78, 5) is 0.323. The van der Waals surface area contributed by atoms with Crippen LogP contribution >= 0.6 is 11.6 Å². The lowest BCUT2D eigenvalue weighted by molar-refractivity contribution is 0.541. The molecule has 0 aromatic heterocycles. The van der Waals surface area contributed by atoms with Crippen molar-refractivity contribution >= 4 is 27.1 Å². The van der Waals surface area contributed by atoms with Gasteiger partial charge in [0.25, 0.3) is 0 Å². The number of para-hydroxylation sites is 1. The van der Waals surface area contributed by atoms with Crippen molar-refractivity contribution in [1.82, 2.24) is 0 Å². The number of anilines is 1. The van der Waals surface area contributed by atoms with Crippen LogP contribution in [0.15, 0.2) is 29.2 Å². The van der Waals surface area contributed by atoms with Gasteiger partial charge in [-0.2, -0.15) is 0 Å². The lowest BCUT2D eigenvalue weighted by atomic mass is 10.0. The second kappa shape index (κ2) is 6.43. The topological polar surface area (TPSA) is 46.2 Å². The normalized spacial score (nSPS) is 13.6. The van der Waals surface area contributed by atoms with Gasteiger partial charge >= 0.3 is 0 Å². The number of benzene rings is 1. The molecule has 1 aromatic carbocycles. The summed E-state index contributed by atoms with van der Waals surface area (Å²) >= 11 is 5.92. The molecule has 5 heteroatoms. The van der Waals surface area contributed by atoms with Crippen LogP contribution in [0.5, 0.6) is 0 Å². The minimum absolute atomic E-state index is 0.0783. The van der Waals surface area contributed by atoms with Gasteiger partial charge in [0.05, 0.1) is 10.6 Å². The first-order chi connectivity index (χ1) is 8.34. The number of hydrogen-bond acceptors (Lipinski definition) is 3. The molecule has 0 heterocycles. The number of hydrogen-bond donors (Lipinski definition) is 1. The number of nitrogens with one attached hydrogen (secondary N) is 1. The lowest BCUT2D eigenvalue weighted by Gasteiger charge is -2.20. The molecule has 1 unspecified atom stereocenters. The van der Waals surface area contributed by atoms with Crippen molar-refractivity contribution < 1.29 is 8.42 Å². The standard InChI is InChI=1S/C13H20ClNO2S/c1-10(2)8-11(9-14)15-12-6-4-5-7-13(12)18(3,16)17/h4-7,10-11,15H,8-9H2,1-3H3. The van der Waals surface area contributed by atoms with Gasteiger partial charge in [0.15, 0.2) is 9.84 Å². The van der Waals surface area contributed by atoms with Crippen LogP contribution in [0.1, 0.15) is 20.3 Å². The molecule has 1 atom stereocenters. The molecular weight excluding hydrogens is 270 g/mol. The Morgan fingerprint density at radius 2 is 1.89 bits per heavy atom. The van der Waals surface area contributed by atoms with Crippen LogP contribution in [0.25, 0.3) is 0 Å². The van der Waals surface area contributed by atoms with Gasteiger partial charge in [-0.25, -0.2) is 8.42 Å². The van der Waals surface area contributed by atoms with Crippen LogP contribution in [0, 0.1) is 5.92 Å². The van der Waals surface area contributed by atoms with Gasteiger partial charge in [-0.1, -0.05) is 26.0 Å². The zero-order chi connectivity index (χ0) is 13.8. The predicted molar refractivity (Wildman–Crippen MR) is 77.1 cm³/mol. The Morgan fingerprint density at radius 1 is 1.28 bits per heavy atom. The molecule has 0 bridgehead atoms. The van der Waals surface area contributed by atoms with Crippen molar-refractivity contribution in [1.29, 1.82) is 0 Å². The monoisotopic (exact) mass is 289 g/mol. The third kappa shape index (κ3) is 4.50. The van der Waals surface area contributed by atoms with E-state index in [0.717, 1.165) is 6.42 Å².